The number of piperidine rings is 1. The molecule has 0 unspecified atom stereocenters. The normalized spacial score (nSPS) is 14.3. The third kappa shape index (κ3) is 7.07. The Balaban J connectivity index is 1.88. The van der Waals surface area contributed by atoms with Gasteiger partial charge in [0.25, 0.3) is 5.91 Å². The molecule has 3 rings (SSSR count). The number of hydrogen-bond donors (Lipinski definition) is 2. The summed E-state index contributed by atoms with van der Waals surface area (Å²) < 4.78 is 78.7. The second-order valence-electron chi connectivity index (χ2n) is 8.63. The maximum atomic E-state index is 13.2. The highest BCUT2D eigenvalue weighted by atomic mass is 19.4. The van der Waals surface area contributed by atoms with Crippen LogP contribution in [-0.2, 0) is 12.4 Å². The van der Waals surface area contributed by atoms with E-state index in [2.05, 4.69) is 10.2 Å². The number of alkyl halides is 6. The van der Waals surface area contributed by atoms with Gasteiger partial charge in [0.05, 0.1) is 16.7 Å². The van der Waals surface area contributed by atoms with Crippen molar-refractivity contribution >= 4 is 29.0 Å². The molecule has 0 bridgehead atoms. The van der Waals surface area contributed by atoms with E-state index in [0.717, 1.165) is 32.4 Å². The zero-order valence-corrected chi connectivity index (χ0v) is 20.4. The maximum absolute atomic E-state index is 13.2. The van der Waals surface area contributed by atoms with Crippen molar-refractivity contribution in [3.05, 3.63) is 53.1 Å². The van der Waals surface area contributed by atoms with E-state index in [0.29, 0.717) is 36.5 Å². The predicted molar refractivity (Wildman–Crippen MR) is 129 cm³/mol. The van der Waals surface area contributed by atoms with Gasteiger partial charge < -0.3 is 20.4 Å². The van der Waals surface area contributed by atoms with Crippen LogP contribution in [0.15, 0.2) is 36.4 Å². The molecule has 1 fully saturated rings. The topological polar surface area (TPSA) is 64.7 Å². The van der Waals surface area contributed by atoms with Crippen LogP contribution in [0.1, 0.15) is 54.6 Å². The molecule has 0 aromatic heterocycles. The molecule has 0 spiro atoms. The first-order chi connectivity index (χ1) is 17.3. The Morgan fingerprint density at radius 2 is 1.35 bits per heavy atom. The summed E-state index contributed by atoms with van der Waals surface area (Å²) in [5.74, 6) is -0.248. The van der Waals surface area contributed by atoms with Crippen molar-refractivity contribution in [2.75, 3.05) is 41.7 Å². The third-order valence-corrected chi connectivity index (χ3v) is 6.08. The van der Waals surface area contributed by atoms with Gasteiger partial charge in [-0.1, -0.05) is 0 Å². The molecular weight excluding hydrogens is 502 g/mol. The number of hydrogen-bond acceptors (Lipinski definition) is 3. The van der Waals surface area contributed by atoms with E-state index >= 15 is 0 Å². The highest BCUT2D eigenvalue weighted by molar-refractivity contribution is 6.04. The van der Waals surface area contributed by atoms with Gasteiger partial charge in [0.15, 0.2) is 0 Å². The Labute approximate surface area is 210 Å². The van der Waals surface area contributed by atoms with Crippen molar-refractivity contribution in [3.8, 4) is 0 Å². The number of carbonyl (C=O) groups excluding carboxylic acids is 2. The molecule has 1 aliphatic rings. The van der Waals surface area contributed by atoms with Crippen LogP contribution in [0.3, 0.4) is 0 Å². The number of urea groups is 1. The molecule has 0 radical (unpaired) electrons. The van der Waals surface area contributed by atoms with Crippen molar-refractivity contribution < 1.29 is 35.9 Å². The second-order valence-corrected chi connectivity index (χ2v) is 8.63. The number of nitrogens with one attached hydrogen (secondary N) is 2. The summed E-state index contributed by atoms with van der Waals surface area (Å²) in [4.78, 5) is 29.5. The molecule has 1 saturated heterocycles. The quantitative estimate of drug-likeness (QED) is 0.402. The number of amides is 3. The number of benzene rings is 2. The van der Waals surface area contributed by atoms with Gasteiger partial charge in [-0.05, 0) is 69.5 Å². The number of anilines is 3. The van der Waals surface area contributed by atoms with Gasteiger partial charge in [0, 0.05) is 43.2 Å². The Morgan fingerprint density at radius 3 is 1.86 bits per heavy atom. The molecule has 1 aliphatic heterocycles. The van der Waals surface area contributed by atoms with Gasteiger partial charge >= 0.3 is 18.4 Å². The first kappa shape index (κ1) is 28.1. The van der Waals surface area contributed by atoms with Crippen LogP contribution in [0, 0.1) is 0 Å². The average Bonchev–Trinajstić information content (AvgIpc) is 2.84. The highest BCUT2D eigenvalue weighted by Gasteiger charge is 2.37. The summed E-state index contributed by atoms with van der Waals surface area (Å²) in [5.41, 5.74) is -2.55. The van der Waals surface area contributed by atoms with E-state index in [1.54, 1.807) is 11.0 Å². The van der Waals surface area contributed by atoms with Crippen LogP contribution in [0.5, 0.6) is 0 Å². The van der Waals surface area contributed by atoms with Crippen LogP contribution in [0.25, 0.3) is 0 Å². The van der Waals surface area contributed by atoms with Gasteiger partial charge in [0.2, 0.25) is 0 Å². The zero-order valence-electron chi connectivity index (χ0n) is 20.4. The highest BCUT2D eigenvalue weighted by Crippen LogP contribution is 2.37. The summed E-state index contributed by atoms with van der Waals surface area (Å²) in [7, 11) is 0. The monoisotopic (exact) mass is 530 g/mol. The summed E-state index contributed by atoms with van der Waals surface area (Å²) in [6.45, 7) is 6.13. The van der Waals surface area contributed by atoms with E-state index in [-0.39, 0.29) is 17.7 Å². The lowest BCUT2D eigenvalue weighted by molar-refractivity contribution is -0.143. The molecule has 12 heteroatoms. The fourth-order valence-corrected chi connectivity index (χ4v) is 4.20. The predicted octanol–water partition coefficient (Wildman–Crippen LogP) is 6.84. The summed E-state index contributed by atoms with van der Waals surface area (Å²) in [6, 6.07) is 4.46. The Hall–Kier alpha value is -3.44. The van der Waals surface area contributed by atoms with Crippen molar-refractivity contribution in [2.24, 2.45) is 0 Å². The van der Waals surface area contributed by atoms with Crippen LogP contribution >= 0.6 is 0 Å². The minimum absolute atomic E-state index is 0.0203. The van der Waals surface area contributed by atoms with Crippen LogP contribution in [-0.4, -0.2) is 43.0 Å². The van der Waals surface area contributed by atoms with E-state index in [9.17, 15) is 35.9 Å². The van der Waals surface area contributed by atoms with Gasteiger partial charge in [-0.2, -0.15) is 26.3 Å². The molecule has 6 nitrogen and oxygen atoms in total. The van der Waals surface area contributed by atoms with E-state index in [1.165, 1.54) is 12.1 Å². The van der Waals surface area contributed by atoms with E-state index in [4.69, 9.17) is 0 Å². The van der Waals surface area contributed by atoms with Crippen molar-refractivity contribution in [2.45, 2.75) is 45.5 Å². The second kappa shape index (κ2) is 11.3. The molecule has 0 atom stereocenters. The Morgan fingerprint density at radius 1 is 0.811 bits per heavy atom. The van der Waals surface area contributed by atoms with Gasteiger partial charge in [-0.3, -0.25) is 4.79 Å². The Bertz CT molecular complexity index is 1090. The zero-order chi connectivity index (χ0) is 27.4. The molecule has 0 aliphatic carbocycles. The van der Waals surface area contributed by atoms with Gasteiger partial charge in [-0.15, -0.1) is 0 Å². The minimum atomic E-state index is -5.04. The lowest BCUT2D eigenvalue weighted by Crippen LogP contribution is -2.35. The molecule has 2 aromatic carbocycles. The fourth-order valence-electron chi connectivity index (χ4n) is 4.20. The van der Waals surface area contributed by atoms with Crippen LogP contribution in [0.2, 0.25) is 0 Å². The number of nitrogens with zero attached hydrogens (tertiary/aromatic N) is 2. The van der Waals surface area contributed by atoms with Crippen molar-refractivity contribution in [1.82, 2.24) is 4.90 Å². The molecule has 2 aromatic rings. The number of carbonyl (C=O) groups is 2. The third-order valence-electron chi connectivity index (χ3n) is 6.08. The minimum Gasteiger partial charge on any atom is -0.371 e. The smallest absolute Gasteiger partial charge is 0.371 e. The van der Waals surface area contributed by atoms with Crippen LogP contribution in [0.4, 0.5) is 48.2 Å². The molecular formula is C25H28F6N4O2. The summed E-state index contributed by atoms with van der Waals surface area (Å²) in [6.07, 6.45) is -7.06. The first-order valence-corrected chi connectivity index (χ1v) is 11.9. The Kier molecular flexibility index (Phi) is 8.60. The molecule has 37 heavy (non-hydrogen) atoms. The number of rotatable bonds is 6. The van der Waals surface area contributed by atoms with Gasteiger partial charge in [-0.25, -0.2) is 4.79 Å². The molecule has 3 amide bonds. The van der Waals surface area contributed by atoms with E-state index < -0.39 is 35.2 Å². The molecule has 0 saturated carbocycles. The molecule has 1 heterocycles. The van der Waals surface area contributed by atoms with Crippen LogP contribution < -0.4 is 15.5 Å². The molecule has 202 valence electrons. The maximum Gasteiger partial charge on any atom is 0.416 e. The summed E-state index contributed by atoms with van der Waals surface area (Å²) >= 11 is 0. The van der Waals surface area contributed by atoms with E-state index in [1.807, 2.05) is 19.2 Å². The lowest BCUT2D eigenvalue weighted by atomic mass is 10.1. The fraction of sp³-hybridized carbons (Fsp3) is 0.440. The SMILES string of the molecule is CCN(CC)C(=O)c1cc(NC(=O)Nc2cc(C(F)(F)F)cc(C(F)(F)F)c2)ccc1N1CCCCC1. The number of halogens is 6. The summed E-state index contributed by atoms with van der Waals surface area (Å²) in [5, 5.41) is 4.44. The van der Waals surface area contributed by atoms with Gasteiger partial charge in [0.1, 0.15) is 0 Å². The standard InChI is InChI=1S/C25H28F6N4O2/c1-3-34(4-2)22(36)20-15-18(8-9-21(20)35-10-6-5-7-11-35)32-23(37)33-19-13-16(24(26,27)28)12-17(14-19)25(29,30)31/h8-9,12-15H,3-7,10-11H2,1-2H3,(H2,32,33,37). The largest absolute Gasteiger partial charge is 0.416 e. The van der Waals surface area contributed by atoms with Crippen molar-refractivity contribution in [1.29, 1.82) is 0 Å². The first-order valence-electron chi connectivity index (χ1n) is 11.9. The lowest BCUT2D eigenvalue weighted by Gasteiger charge is -2.31. The van der Waals surface area contributed by atoms with Crippen molar-refractivity contribution in [3.63, 3.8) is 0 Å². The molecule has 2 N–H and O–H groups in total. The average molecular weight is 531 g/mol.